The highest BCUT2D eigenvalue weighted by Crippen LogP contribution is 2.32. The molecule has 0 N–H and O–H groups in total. The third kappa shape index (κ3) is 3.21. The zero-order chi connectivity index (χ0) is 15.8. The maximum absolute atomic E-state index is 13.6. The number of carbonyl (C=O) groups excluding carboxylic acids is 1. The summed E-state index contributed by atoms with van der Waals surface area (Å²) in [7, 11) is 0. The summed E-state index contributed by atoms with van der Waals surface area (Å²) in [4.78, 5) is 12.0. The maximum Gasteiger partial charge on any atom is 0.419 e. The maximum atomic E-state index is 13.6. The lowest BCUT2D eigenvalue weighted by molar-refractivity contribution is -0.140. The fraction of sp³-hybridized carbons (Fsp3) is 0.0714. The van der Waals surface area contributed by atoms with E-state index in [4.69, 9.17) is 11.6 Å². The van der Waals surface area contributed by atoms with Crippen molar-refractivity contribution in [2.45, 2.75) is 6.18 Å². The van der Waals surface area contributed by atoms with E-state index in [1.54, 1.807) is 0 Å². The minimum absolute atomic E-state index is 0.0580. The van der Waals surface area contributed by atoms with Crippen molar-refractivity contribution in [3.63, 3.8) is 0 Å². The highest BCUT2D eigenvalue weighted by atomic mass is 35.5. The highest BCUT2D eigenvalue weighted by molar-refractivity contribution is 6.30. The van der Waals surface area contributed by atoms with Gasteiger partial charge in [0, 0.05) is 10.6 Å². The van der Waals surface area contributed by atoms with E-state index in [9.17, 15) is 26.7 Å². The summed E-state index contributed by atoms with van der Waals surface area (Å²) in [5.74, 6) is -3.47. The monoisotopic (exact) mass is 320 g/mol. The number of ketones is 1. The van der Waals surface area contributed by atoms with E-state index < -0.39 is 34.7 Å². The fourth-order valence-electron chi connectivity index (χ4n) is 1.72. The summed E-state index contributed by atoms with van der Waals surface area (Å²) in [5, 5.41) is 0.0580. The van der Waals surface area contributed by atoms with Crippen LogP contribution in [0.25, 0.3) is 0 Å². The van der Waals surface area contributed by atoms with Gasteiger partial charge in [0.05, 0.1) is 11.1 Å². The van der Waals surface area contributed by atoms with Crippen molar-refractivity contribution >= 4 is 17.4 Å². The third-order valence-electron chi connectivity index (χ3n) is 2.71. The first kappa shape index (κ1) is 15.4. The van der Waals surface area contributed by atoms with Gasteiger partial charge in [0.15, 0.2) is 5.78 Å². The van der Waals surface area contributed by atoms with Gasteiger partial charge in [0.2, 0.25) is 0 Å². The van der Waals surface area contributed by atoms with Crippen LogP contribution in [0.2, 0.25) is 5.02 Å². The Hall–Kier alpha value is -1.95. The number of hydrogen-bond donors (Lipinski definition) is 0. The molecule has 2 rings (SSSR count). The molecular formula is C14H6ClF5O. The molecule has 0 atom stereocenters. The minimum atomic E-state index is -4.86. The van der Waals surface area contributed by atoms with Crippen molar-refractivity contribution in [2.75, 3.05) is 0 Å². The number of benzene rings is 2. The molecule has 0 bridgehead atoms. The predicted molar refractivity (Wildman–Crippen MR) is 66.2 cm³/mol. The van der Waals surface area contributed by atoms with Crippen LogP contribution in [-0.2, 0) is 6.18 Å². The lowest BCUT2D eigenvalue weighted by Gasteiger charge is -2.09. The molecule has 0 saturated heterocycles. The Labute approximate surface area is 121 Å². The van der Waals surface area contributed by atoms with Crippen molar-refractivity contribution in [3.8, 4) is 0 Å². The second-order valence-corrected chi connectivity index (χ2v) is 4.58. The predicted octanol–water partition coefficient (Wildman–Crippen LogP) is 4.87. The molecule has 0 saturated carbocycles. The molecule has 0 aliphatic carbocycles. The first-order chi connectivity index (χ1) is 9.70. The first-order valence-corrected chi connectivity index (χ1v) is 5.94. The SMILES string of the molecule is O=C(c1ccc(C(F)(F)F)c(F)c1)c1ccc(Cl)cc1F. The van der Waals surface area contributed by atoms with Crippen molar-refractivity contribution in [1.82, 2.24) is 0 Å². The Morgan fingerprint density at radius 2 is 1.62 bits per heavy atom. The summed E-state index contributed by atoms with van der Waals surface area (Å²) in [6, 6.07) is 4.88. The van der Waals surface area contributed by atoms with Gasteiger partial charge in [-0.25, -0.2) is 8.78 Å². The molecule has 7 heteroatoms. The third-order valence-corrected chi connectivity index (χ3v) is 2.95. The van der Waals surface area contributed by atoms with Crippen LogP contribution in [0.1, 0.15) is 21.5 Å². The van der Waals surface area contributed by atoms with Crippen LogP contribution in [-0.4, -0.2) is 5.78 Å². The van der Waals surface area contributed by atoms with E-state index in [1.807, 2.05) is 0 Å². The Morgan fingerprint density at radius 1 is 0.952 bits per heavy atom. The molecule has 2 aromatic rings. The largest absolute Gasteiger partial charge is 0.419 e. The Balaban J connectivity index is 2.43. The second-order valence-electron chi connectivity index (χ2n) is 4.15. The van der Waals surface area contributed by atoms with Gasteiger partial charge in [-0.2, -0.15) is 13.2 Å². The first-order valence-electron chi connectivity index (χ1n) is 5.56. The lowest BCUT2D eigenvalue weighted by atomic mass is 10.0. The summed E-state index contributed by atoms with van der Waals surface area (Å²) in [6.45, 7) is 0. The summed E-state index contributed by atoms with van der Waals surface area (Å²) in [6.07, 6.45) is -4.86. The van der Waals surface area contributed by atoms with Gasteiger partial charge in [-0.15, -0.1) is 0 Å². The second kappa shape index (κ2) is 5.44. The quantitative estimate of drug-likeness (QED) is 0.570. The van der Waals surface area contributed by atoms with Crippen LogP contribution < -0.4 is 0 Å². The van der Waals surface area contributed by atoms with Crippen LogP contribution in [0.3, 0.4) is 0 Å². The van der Waals surface area contributed by atoms with Gasteiger partial charge in [0.1, 0.15) is 11.6 Å². The number of carbonyl (C=O) groups is 1. The molecule has 0 radical (unpaired) electrons. The molecule has 0 fully saturated rings. The average molecular weight is 321 g/mol. The molecule has 0 spiro atoms. The number of hydrogen-bond acceptors (Lipinski definition) is 1. The number of alkyl halides is 3. The van der Waals surface area contributed by atoms with E-state index >= 15 is 0 Å². The summed E-state index contributed by atoms with van der Waals surface area (Å²) < 4.78 is 64.2. The molecule has 0 aliphatic rings. The van der Waals surface area contributed by atoms with Crippen LogP contribution >= 0.6 is 11.6 Å². The topological polar surface area (TPSA) is 17.1 Å². The van der Waals surface area contributed by atoms with E-state index in [-0.39, 0.29) is 10.6 Å². The van der Waals surface area contributed by atoms with Gasteiger partial charge in [-0.3, -0.25) is 4.79 Å². The lowest BCUT2D eigenvalue weighted by Crippen LogP contribution is -2.10. The summed E-state index contributed by atoms with van der Waals surface area (Å²) in [5.41, 5.74) is -2.28. The van der Waals surface area contributed by atoms with Gasteiger partial charge < -0.3 is 0 Å². The minimum Gasteiger partial charge on any atom is -0.288 e. The van der Waals surface area contributed by atoms with Crippen molar-refractivity contribution in [3.05, 3.63) is 69.7 Å². The number of rotatable bonds is 2. The Morgan fingerprint density at radius 3 is 2.14 bits per heavy atom. The fourth-order valence-corrected chi connectivity index (χ4v) is 1.87. The Bertz CT molecular complexity index is 709. The normalized spacial score (nSPS) is 11.5. The standard InChI is InChI=1S/C14H6ClF5O/c15-8-2-3-9(11(16)6-8)13(21)7-1-4-10(12(17)5-7)14(18,19)20/h1-6H. The van der Waals surface area contributed by atoms with Crippen LogP contribution in [0, 0.1) is 11.6 Å². The molecular weight excluding hydrogens is 315 g/mol. The molecule has 0 aliphatic heterocycles. The molecule has 0 unspecified atom stereocenters. The van der Waals surface area contributed by atoms with Crippen LogP contribution in [0.5, 0.6) is 0 Å². The van der Waals surface area contributed by atoms with Gasteiger partial charge in [-0.05, 0) is 30.3 Å². The molecule has 21 heavy (non-hydrogen) atoms. The molecule has 2 aromatic carbocycles. The van der Waals surface area contributed by atoms with Crippen molar-refractivity contribution in [1.29, 1.82) is 0 Å². The molecule has 0 aromatic heterocycles. The Kier molecular flexibility index (Phi) is 4.00. The van der Waals surface area contributed by atoms with Gasteiger partial charge >= 0.3 is 6.18 Å². The molecule has 0 heterocycles. The van der Waals surface area contributed by atoms with E-state index in [2.05, 4.69) is 0 Å². The van der Waals surface area contributed by atoms with Crippen molar-refractivity contribution in [2.24, 2.45) is 0 Å². The van der Waals surface area contributed by atoms with E-state index in [0.717, 1.165) is 18.2 Å². The molecule has 110 valence electrons. The zero-order valence-electron chi connectivity index (χ0n) is 10.1. The van der Waals surface area contributed by atoms with Crippen LogP contribution in [0.15, 0.2) is 36.4 Å². The smallest absolute Gasteiger partial charge is 0.288 e. The van der Waals surface area contributed by atoms with Crippen molar-refractivity contribution < 1.29 is 26.7 Å². The number of halogens is 6. The average Bonchev–Trinajstić information content (AvgIpc) is 2.36. The highest BCUT2D eigenvalue weighted by Gasteiger charge is 2.34. The van der Waals surface area contributed by atoms with E-state index in [0.29, 0.717) is 12.1 Å². The molecule has 0 amide bonds. The molecule has 1 nitrogen and oxygen atoms in total. The van der Waals surface area contributed by atoms with Gasteiger partial charge in [-0.1, -0.05) is 17.7 Å². The summed E-state index contributed by atoms with van der Waals surface area (Å²) >= 11 is 5.53. The zero-order valence-corrected chi connectivity index (χ0v) is 10.9. The van der Waals surface area contributed by atoms with Gasteiger partial charge in [0.25, 0.3) is 0 Å². The van der Waals surface area contributed by atoms with Crippen LogP contribution in [0.4, 0.5) is 22.0 Å². The van der Waals surface area contributed by atoms with E-state index in [1.165, 1.54) is 6.07 Å².